The molecule has 1 aromatic carbocycles. The van der Waals surface area contributed by atoms with Gasteiger partial charge in [0.25, 0.3) is 5.24 Å². The summed E-state index contributed by atoms with van der Waals surface area (Å²) >= 11 is 6.97. The Morgan fingerprint density at radius 2 is 2.37 bits per heavy atom. The van der Waals surface area contributed by atoms with Crippen LogP contribution < -0.4 is 10.6 Å². The molecule has 1 aliphatic heterocycles. The molecule has 1 saturated heterocycles. The van der Waals surface area contributed by atoms with Crippen LogP contribution in [0.15, 0.2) is 18.2 Å². The van der Waals surface area contributed by atoms with Gasteiger partial charge in [0.15, 0.2) is 0 Å². The predicted molar refractivity (Wildman–Crippen MR) is 72.9 cm³/mol. The number of rotatable bonds is 4. The van der Waals surface area contributed by atoms with E-state index >= 15 is 0 Å². The van der Waals surface area contributed by atoms with Gasteiger partial charge in [-0.05, 0) is 24.1 Å². The van der Waals surface area contributed by atoms with Crippen LogP contribution in [0.4, 0.5) is 9.18 Å². The highest BCUT2D eigenvalue weighted by atomic mass is 35.5. The van der Waals surface area contributed by atoms with Gasteiger partial charge in [0.1, 0.15) is 11.9 Å². The standard InChI is InChI=1S/C12H12ClFN2O2S/c13-9-5-8(14)2-1-7(9)3-4-15-11(17)10-6-19-12(18)16-10/h1-2,5,10H,3-4,6H2,(H,15,17)(H,16,18)/t10-/m1/s1. The highest BCUT2D eigenvalue weighted by Gasteiger charge is 2.27. The van der Waals surface area contributed by atoms with Gasteiger partial charge in [-0.15, -0.1) is 0 Å². The lowest BCUT2D eigenvalue weighted by Gasteiger charge is -2.10. The molecule has 2 N–H and O–H groups in total. The van der Waals surface area contributed by atoms with Crippen LogP contribution in [0.3, 0.4) is 0 Å². The van der Waals surface area contributed by atoms with E-state index in [1.54, 1.807) is 6.07 Å². The largest absolute Gasteiger partial charge is 0.354 e. The first-order valence-electron chi connectivity index (χ1n) is 5.71. The zero-order valence-corrected chi connectivity index (χ0v) is 11.5. The van der Waals surface area contributed by atoms with Gasteiger partial charge in [0.05, 0.1) is 0 Å². The lowest BCUT2D eigenvalue weighted by Crippen LogP contribution is -2.43. The summed E-state index contributed by atoms with van der Waals surface area (Å²) in [6.07, 6.45) is 0.513. The highest BCUT2D eigenvalue weighted by Crippen LogP contribution is 2.17. The molecule has 19 heavy (non-hydrogen) atoms. The first-order chi connectivity index (χ1) is 9.06. The fourth-order valence-corrected chi connectivity index (χ4v) is 2.73. The minimum atomic E-state index is -0.471. The number of benzene rings is 1. The number of carbonyl (C=O) groups is 2. The minimum absolute atomic E-state index is 0.179. The molecule has 1 aromatic rings. The number of amides is 2. The summed E-state index contributed by atoms with van der Waals surface area (Å²) < 4.78 is 12.8. The second-order valence-electron chi connectivity index (χ2n) is 4.07. The predicted octanol–water partition coefficient (Wildman–Crippen LogP) is 1.96. The van der Waals surface area contributed by atoms with Crippen molar-refractivity contribution in [2.45, 2.75) is 12.5 Å². The zero-order chi connectivity index (χ0) is 13.8. The monoisotopic (exact) mass is 302 g/mol. The Morgan fingerprint density at radius 3 is 3.00 bits per heavy atom. The molecule has 4 nitrogen and oxygen atoms in total. The van der Waals surface area contributed by atoms with Crippen molar-refractivity contribution in [2.24, 2.45) is 0 Å². The van der Waals surface area contributed by atoms with Gasteiger partial charge < -0.3 is 10.6 Å². The van der Waals surface area contributed by atoms with Crippen LogP contribution in [0, 0.1) is 5.82 Å². The van der Waals surface area contributed by atoms with Crippen LogP contribution in [-0.2, 0) is 11.2 Å². The van der Waals surface area contributed by atoms with Crippen molar-refractivity contribution < 1.29 is 14.0 Å². The Kier molecular flexibility index (Phi) is 4.66. The molecule has 1 heterocycles. The maximum atomic E-state index is 12.8. The molecule has 7 heteroatoms. The van der Waals surface area contributed by atoms with Gasteiger partial charge in [-0.2, -0.15) is 0 Å². The van der Waals surface area contributed by atoms with Gasteiger partial charge >= 0.3 is 0 Å². The van der Waals surface area contributed by atoms with E-state index < -0.39 is 6.04 Å². The van der Waals surface area contributed by atoms with Crippen LogP contribution in [0.5, 0.6) is 0 Å². The molecule has 0 aromatic heterocycles. The Hall–Kier alpha value is -1.27. The van der Waals surface area contributed by atoms with Crippen molar-refractivity contribution in [1.82, 2.24) is 10.6 Å². The summed E-state index contributed by atoms with van der Waals surface area (Å²) in [4.78, 5) is 22.6. The molecule has 0 unspecified atom stereocenters. The fraction of sp³-hybridized carbons (Fsp3) is 0.333. The summed E-state index contributed by atoms with van der Waals surface area (Å²) in [5, 5.41) is 5.44. The van der Waals surface area contributed by atoms with Crippen LogP contribution in [0.2, 0.25) is 5.02 Å². The van der Waals surface area contributed by atoms with Gasteiger partial charge in [-0.25, -0.2) is 4.39 Å². The number of halogens is 2. The van der Waals surface area contributed by atoms with Crippen molar-refractivity contribution in [3.63, 3.8) is 0 Å². The molecule has 1 aliphatic rings. The maximum Gasteiger partial charge on any atom is 0.279 e. The third-order valence-electron chi connectivity index (χ3n) is 2.70. The van der Waals surface area contributed by atoms with Crippen LogP contribution in [0.25, 0.3) is 0 Å². The summed E-state index contributed by atoms with van der Waals surface area (Å²) in [6.45, 7) is 0.390. The van der Waals surface area contributed by atoms with E-state index in [1.807, 2.05) is 0 Å². The van der Waals surface area contributed by atoms with E-state index in [1.165, 1.54) is 12.1 Å². The van der Waals surface area contributed by atoms with Crippen LogP contribution in [-0.4, -0.2) is 29.5 Å². The number of nitrogens with one attached hydrogen (secondary N) is 2. The van der Waals surface area contributed by atoms with Crippen molar-refractivity contribution in [2.75, 3.05) is 12.3 Å². The van der Waals surface area contributed by atoms with E-state index in [0.717, 1.165) is 17.3 Å². The summed E-state index contributed by atoms with van der Waals surface area (Å²) in [7, 11) is 0. The fourth-order valence-electron chi connectivity index (χ4n) is 1.69. The Balaban J connectivity index is 1.80. The Morgan fingerprint density at radius 1 is 1.58 bits per heavy atom. The van der Waals surface area contributed by atoms with E-state index in [9.17, 15) is 14.0 Å². The molecule has 0 radical (unpaired) electrons. The van der Waals surface area contributed by atoms with E-state index in [2.05, 4.69) is 10.6 Å². The van der Waals surface area contributed by atoms with Crippen molar-refractivity contribution in [3.05, 3.63) is 34.6 Å². The third kappa shape index (κ3) is 3.84. The molecule has 0 aliphatic carbocycles. The van der Waals surface area contributed by atoms with E-state index in [4.69, 9.17) is 11.6 Å². The molecule has 1 atom stereocenters. The average Bonchev–Trinajstić information content (AvgIpc) is 2.78. The van der Waals surface area contributed by atoms with Crippen molar-refractivity contribution >= 4 is 34.5 Å². The molecule has 0 bridgehead atoms. The minimum Gasteiger partial charge on any atom is -0.354 e. The second kappa shape index (κ2) is 6.25. The lowest BCUT2D eigenvalue weighted by molar-refractivity contribution is -0.122. The molecule has 2 amide bonds. The van der Waals surface area contributed by atoms with Gasteiger partial charge in [-0.1, -0.05) is 29.4 Å². The molecule has 0 spiro atoms. The van der Waals surface area contributed by atoms with Crippen LogP contribution in [0.1, 0.15) is 5.56 Å². The molecule has 102 valence electrons. The first-order valence-corrected chi connectivity index (χ1v) is 7.07. The van der Waals surface area contributed by atoms with Crippen LogP contribution >= 0.6 is 23.4 Å². The van der Waals surface area contributed by atoms with E-state index in [-0.39, 0.29) is 17.0 Å². The Bertz CT molecular complexity index is 513. The summed E-state index contributed by atoms with van der Waals surface area (Å²) in [5.74, 6) is -0.151. The number of hydrogen-bond donors (Lipinski definition) is 2. The lowest BCUT2D eigenvalue weighted by atomic mass is 10.1. The zero-order valence-electron chi connectivity index (χ0n) is 9.91. The maximum absolute atomic E-state index is 12.8. The highest BCUT2D eigenvalue weighted by molar-refractivity contribution is 8.14. The number of carbonyl (C=O) groups excluding carboxylic acids is 2. The average molecular weight is 303 g/mol. The van der Waals surface area contributed by atoms with Gasteiger partial charge in [0.2, 0.25) is 5.91 Å². The topological polar surface area (TPSA) is 58.2 Å². The summed E-state index contributed by atoms with van der Waals surface area (Å²) in [6, 6.07) is 3.70. The molecule has 2 rings (SSSR count). The normalized spacial score (nSPS) is 18.2. The third-order valence-corrected chi connectivity index (χ3v) is 3.93. The van der Waals surface area contributed by atoms with Gasteiger partial charge in [-0.3, -0.25) is 9.59 Å². The number of thioether (sulfide) groups is 1. The van der Waals surface area contributed by atoms with Crippen molar-refractivity contribution in [1.29, 1.82) is 0 Å². The Labute approximate surface area is 119 Å². The SMILES string of the molecule is O=C1N[C@@H](C(=O)NCCc2ccc(F)cc2Cl)CS1. The van der Waals surface area contributed by atoms with Gasteiger partial charge in [0, 0.05) is 17.3 Å². The second-order valence-corrected chi connectivity index (χ2v) is 5.47. The number of hydrogen-bond acceptors (Lipinski definition) is 3. The van der Waals surface area contributed by atoms with Crippen molar-refractivity contribution in [3.8, 4) is 0 Å². The van der Waals surface area contributed by atoms with E-state index in [0.29, 0.717) is 23.7 Å². The summed E-state index contributed by atoms with van der Waals surface area (Å²) in [5.41, 5.74) is 0.771. The quantitative estimate of drug-likeness (QED) is 0.894. The molecule has 1 fully saturated rings. The molecule has 0 saturated carbocycles. The molecular weight excluding hydrogens is 291 g/mol. The smallest absolute Gasteiger partial charge is 0.279 e. The molecular formula is C12H12ClFN2O2S. The first kappa shape index (κ1) is 14.1.